The van der Waals surface area contributed by atoms with Crippen molar-refractivity contribution in [2.75, 3.05) is 5.32 Å². The van der Waals surface area contributed by atoms with Gasteiger partial charge in [-0.2, -0.15) is 13.2 Å². The van der Waals surface area contributed by atoms with Crippen LogP contribution in [0.5, 0.6) is 0 Å². The first-order chi connectivity index (χ1) is 20.8. The fourth-order valence-corrected chi connectivity index (χ4v) is 5.10. The van der Waals surface area contributed by atoms with E-state index >= 15 is 0 Å². The molecule has 5 rings (SSSR count). The van der Waals surface area contributed by atoms with Crippen LogP contribution in [-0.2, 0) is 18.3 Å². The van der Waals surface area contributed by atoms with Gasteiger partial charge in [-0.15, -0.1) is 0 Å². The lowest BCUT2D eigenvalue weighted by Crippen LogP contribution is -2.23. The van der Waals surface area contributed by atoms with Crippen LogP contribution in [0.4, 0.5) is 36.6 Å². The van der Waals surface area contributed by atoms with Crippen LogP contribution in [0.15, 0.2) is 77.9 Å². The molecule has 0 aliphatic carbocycles. The Balaban J connectivity index is 1.63. The SMILES string of the molecule is Cn1cc(CC(F)(F)F)c2[nH]c(-c3ccnc(NC(=O)[C@H](CC(F)F)c4ccc(F)cc4)c3)c(-c3ccc(F)cc3)c2c1=O. The van der Waals surface area contributed by atoms with E-state index in [-0.39, 0.29) is 44.7 Å². The smallest absolute Gasteiger partial charge is 0.354 e. The molecule has 6 nitrogen and oxygen atoms in total. The minimum atomic E-state index is -4.60. The number of aromatic nitrogens is 3. The Morgan fingerprint density at radius 2 is 1.61 bits per heavy atom. The number of carbonyl (C=O) groups is 1. The van der Waals surface area contributed by atoms with Gasteiger partial charge in [0.1, 0.15) is 17.5 Å². The molecule has 0 radical (unpaired) electrons. The average Bonchev–Trinajstić information content (AvgIpc) is 3.36. The number of H-pyrrole nitrogens is 1. The number of nitrogens with one attached hydrogen (secondary N) is 2. The average molecular weight is 617 g/mol. The lowest BCUT2D eigenvalue weighted by Gasteiger charge is -2.17. The molecule has 1 amide bonds. The van der Waals surface area contributed by atoms with Crippen molar-refractivity contribution >= 4 is 22.6 Å². The van der Waals surface area contributed by atoms with Gasteiger partial charge in [0.25, 0.3) is 5.56 Å². The van der Waals surface area contributed by atoms with Crippen LogP contribution in [0.3, 0.4) is 0 Å². The molecule has 228 valence electrons. The van der Waals surface area contributed by atoms with Crippen molar-refractivity contribution in [1.29, 1.82) is 0 Å². The highest BCUT2D eigenvalue weighted by Gasteiger charge is 2.31. The molecular formula is C31H23F7N4O2. The Kier molecular flexibility index (Phi) is 8.31. The first-order valence-corrected chi connectivity index (χ1v) is 13.2. The highest BCUT2D eigenvalue weighted by Crippen LogP contribution is 2.39. The topological polar surface area (TPSA) is 79.8 Å². The maximum absolute atomic E-state index is 13.8. The first kappa shape index (κ1) is 30.5. The standard InChI is InChI=1S/C31H23F7N4O2/c1-42-15-19(14-31(36,37)38)28-26(30(42)44)25(17-4-8-21(33)9-5-17)27(41-28)18-10-11-39-24(12-18)40-29(43)22(13-23(34)35)16-2-6-20(32)7-3-16/h2-12,15,22-23,41H,13-14H2,1H3,(H,39,40,43)/t22-/m1/s1. The highest BCUT2D eigenvalue weighted by molar-refractivity contribution is 6.05. The summed E-state index contributed by atoms with van der Waals surface area (Å²) in [6, 6.07) is 12.4. The quantitative estimate of drug-likeness (QED) is 0.179. The summed E-state index contributed by atoms with van der Waals surface area (Å²) in [6.07, 6.45) is -7.28. The van der Waals surface area contributed by atoms with Gasteiger partial charge in [-0.25, -0.2) is 22.5 Å². The van der Waals surface area contributed by atoms with E-state index in [1.54, 1.807) is 0 Å². The van der Waals surface area contributed by atoms with Crippen molar-refractivity contribution < 1.29 is 35.5 Å². The fourth-order valence-electron chi connectivity index (χ4n) is 5.10. The molecule has 1 atom stereocenters. The summed E-state index contributed by atoms with van der Waals surface area (Å²) in [4.78, 5) is 33.5. The van der Waals surface area contributed by atoms with Crippen LogP contribution in [0.25, 0.3) is 33.3 Å². The molecule has 13 heteroatoms. The van der Waals surface area contributed by atoms with Gasteiger partial charge in [-0.3, -0.25) is 9.59 Å². The van der Waals surface area contributed by atoms with Crippen molar-refractivity contribution in [1.82, 2.24) is 14.5 Å². The molecule has 2 aromatic carbocycles. The fraction of sp³-hybridized carbons (Fsp3) is 0.194. The number of carbonyl (C=O) groups excluding carboxylic acids is 1. The predicted octanol–water partition coefficient (Wildman–Crippen LogP) is 7.36. The van der Waals surface area contributed by atoms with E-state index in [0.29, 0.717) is 5.56 Å². The summed E-state index contributed by atoms with van der Waals surface area (Å²) in [6.45, 7) is 0. The minimum absolute atomic E-state index is 0.0634. The normalized spacial score (nSPS) is 12.6. The summed E-state index contributed by atoms with van der Waals surface area (Å²) in [7, 11) is 1.32. The van der Waals surface area contributed by atoms with Gasteiger partial charge in [0.05, 0.1) is 28.9 Å². The van der Waals surface area contributed by atoms with Crippen molar-refractivity contribution in [2.24, 2.45) is 7.05 Å². The number of nitrogens with zero attached hydrogens (tertiary/aromatic N) is 2. The van der Waals surface area contributed by atoms with Crippen molar-refractivity contribution in [3.05, 3.63) is 106 Å². The van der Waals surface area contributed by atoms with Crippen LogP contribution in [0.2, 0.25) is 0 Å². The van der Waals surface area contributed by atoms with Gasteiger partial charge in [0, 0.05) is 42.6 Å². The number of fused-ring (bicyclic) bond motifs is 1. The third-order valence-corrected chi connectivity index (χ3v) is 7.03. The van der Waals surface area contributed by atoms with Crippen LogP contribution in [0, 0.1) is 11.6 Å². The number of halogens is 7. The summed E-state index contributed by atoms with van der Waals surface area (Å²) >= 11 is 0. The zero-order valence-electron chi connectivity index (χ0n) is 22.9. The molecule has 0 spiro atoms. The third kappa shape index (κ3) is 6.51. The molecule has 0 saturated carbocycles. The van der Waals surface area contributed by atoms with Crippen LogP contribution in [-0.4, -0.2) is 33.0 Å². The van der Waals surface area contributed by atoms with E-state index < -0.39 is 54.5 Å². The number of aromatic amines is 1. The second kappa shape index (κ2) is 12.0. The van der Waals surface area contributed by atoms with E-state index in [1.807, 2.05) is 0 Å². The van der Waals surface area contributed by atoms with Gasteiger partial charge >= 0.3 is 6.18 Å². The molecule has 0 fully saturated rings. The molecule has 44 heavy (non-hydrogen) atoms. The van der Waals surface area contributed by atoms with Crippen LogP contribution >= 0.6 is 0 Å². The van der Waals surface area contributed by atoms with Crippen molar-refractivity contribution in [3.8, 4) is 22.4 Å². The Bertz CT molecular complexity index is 1880. The lowest BCUT2D eigenvalue weighted by molar-refractivity contribution is -0.127. The van der Waals surface area contributed by atoms with E-state index in [9.17, 15) is 40.3 Å². The maximum atomic E-state index is 13.8. The molecule has 3 aromatic heterocycles. The lowest BCUT2D eigenvalue weighted by atomic mass is 9.95. The van der Waals surface area contributed by atoms with Crippen molar-refractivity contribution in [2.45, 2.75) is 31.4 Å². The van der Waals surface area contributed by atoms with E-state index in [2.05, 4.69) is 15.3 Å². The van der Waals surface area contributed by atoms with Gasteiger partial charge in [0.2, 0.25) is 12.3 Å². The molecule has 0 saturated heterocycles. The van der Waals surface area contributed by atoms with Gasteiger partial charge < -0.3 is 14.9 Å². The molecule has 5 aromatic rings. The first-order valence-electron chi connectivity index (χ1n) is 13.2. The van der Waals surface area contributed by atoms with Gasteiger partial charge in [-0.1, -0.05) is 24.3 Å². The number of alkyl halides is 5. The number of hydrogen-bond acceptors (Lipinski definition) is 3. The number of rotatable bonds is 8. The Morgan fingerprint density at radius 3 is 2.23 bits per heavy atom. The van der Waals surface area contributed by atoms with E-state index in [1.165, 1.54) is 49.6 Å². The molecule has 0 aliphatic heterocycles. The zero-order valence-corrected chi connectivity index (χ0v) is 22.9. The van der Waals surface area contributed by atoms with Gasteiger partial charge in [0.15, 0.2) is 0 Å². The molecule has 0 bridgehead atoms. The number of pyridine rings is 2. The highest BCUT2D eigenvalue weighted by atomic mass is 19.4. The number of aryl methyl sites for hydroxylation is 1. The summed E-state index contributed by atoms with van der Waals surface area (Å²) in [5, 5.41) is 2.42. The molecular weight excluding hydrogens is 593 g/mol. The Hall–Kier alpha value is -4.94. The molecule has 0 aliphatic rings. The largest absolute Gasteiger partial charge is 0.393 e. The summed E-state index contributed by atoms with van der Waals surface area (Å²) in [5.41, 5.74) is 0.236. The Labute approximate surface area is 245 Å². The zero-order chi connectivity index (χ0) is 31.8. The number of amides is 1. The predicted molar refractivity (Wildman–Crippen MR) is 150 cm³/mol. The number of hydrogen-bond donors (Lipinski definition) is 2. The Morgan fingerprint density at radius 1 is 0.977 bits per heavy atom. The monoisotopic (exact) mass is 616 g/mol. The molecule has 0 unspecified atom stereocenters. The van der Waals surface area contributed by atoms with Gasteiger partial charge in [-0.05, 0) is 47.5 Å². The molecule has 3 heterocycles. The van der Waals surface area contributed by atoms with Crippen LogP contribution in [0.1, 0.15) is 23.5 Å². The molecule has 2 N–H and O–H groups in total. The summed E-state index contributed by atoms with van der Waals surface area (Å²) in [5.74, 6) is -3.46. The maximum Gasteiger partial charge on any atom is 0.393 e. The number of anilines is 1. The van der Waals surface area contributed by atoms with Crippen molar-refractivity contribution in [3.63, 3.8) is 0 Å². The third-order valence-electron chi connectivity index (χ3n) is 7.03. The minimum Gasteiger partial charge on any atom is -0.354 e. The number of benzene rings is 2. The van der Waals surface area contributed by atoms with E-state index in [0.717, 1.165) is 35.0 Å². The van der Waals surface area contributed by atoms with Crippen LogP contribution < -0.4 is 10.9 Å². The summed E-state index contributed by atoms with van der Waals surface area (Å²) < 4.78 is 95.5. The second-order valence-electron chi connectivity index (χ2n) is 10.1. The second-order valence-corrected chi connectivity index (χ2v) is 10.1. The van der Waals surface area contributed by atoms with E-state index in [4.69, 9.17) is 0 Å².